The maximum atomic E-state index is 5.87. The van der Waals surface area contributed by atoms with Gasteiger partial charge in [0.2, 0.25) is 0 Å². The summed E-state index contributed by atoms with van der Waals surface area (Å²) in [5.41, 5.74) is 15.0. The highest BCUT2D eigenvalue weighted by atomic mass is 35.5. The van der Waals surface area contributed by atoms with Crippen LogP contribution < -0.4 is 11.5 Å². The average molecular weight is 201 g/mol. The zero-order chi connectivity index (χ0) is 9.14. The van der Waals surface area contributed by atoms with E-state index in [0.717, 1.165) is 0 Å². The Morgan fingerprint density at radius 3 is 2.08 bits per heavy atom. The fourth-order valence-corrected chi connectivity index (χ4v) is 1.53. The van der Waals surface area contributed by atoms with Gasteiger partial charge in [-0.3, -0.25) is 0 Å². The van der Waals surface area contributed by atoms with Gasteiger partial charge in [-0.2, -0.15) is 0 Å². The van der Waals surface area contributed by atoms with E-state index in [4.69, 9.17) is 11.5 Å². The molecule has 0 unspecified atom stereocenters. The molecule has 2 nitrogen and oxygen atoms in total. The SMILES string of the molecule is Cc1cccc(C)c1[C@H](N)CN.Cl. The molecule has 0 saturated carbocycles. The van der Waals surface area contributed by atoms with Crippen LogP contribution in [0.3, 0.4) is 0 Å². The van der Waals surface area contributed by atoms with Crippen LogP contribution in [0.25, 0.3) is 0 Å². The molecular formula is C10H17ClN2. The van der Waals surface area contributed by atoms with E-state index in [2.05, 4.69) is 26.0 Å². The van der Waals surface area contributed by atoms with Gasteiger partial charge in [0.25, 0.3) is 0 Å². The summed E-state index contributed by atoms with van der Waals surface area (Å²) in [6.45, 7) is 4.64. The van der Waals surface area contributed by atoms with Gasteiger partial charge in [0.1, 0.15) is 0 Å². The first-order valence-electron chi connectivity index (χ1n) is 4.18. The summed E-state index contributed by atoms with van der Waals surface area (Å²) in [4.78, 5) is 0. The first kappa shape index (κ1) is 12.4. The Labute approximate surface area is 85.7 Å². The molecule has 0 aliphatic carbocycles. The molecule has 13 heavy (non-hydrogen) atoms. The van der Waals surface area contributed by atoms with Crippen molar-refractivity contribution in [2.45, 2.75) is 19.9 Å². The molecule has 0 fully saturated rings. The standard InChI is InChI=1S/C10H16N2.ClH/c1-7-4-3-5-8(2)10(7)9(12)6-11;/h3-5,9H,6,11-12H2,1-2H3;1H/t9-;/m1./s1. The highest BCUT2D eigenvalue weighted by Crippen LogP contribution is 2.18. The van der Waals surface area contributed by atoms with Gasteiger partial charge in [-0.15, -0.1) is 12.4 Å². The smallest absolute Gasteiger partial charge is 0.0424 e. The Hall–Kier alpha value is -0.570. The van der Waals surface area contributed by atoms with Crippen LogP contribution in [0.15, 0.2) is 18.2 Å². The fraction of sp³-hybridized carbons (Fsp3) is 0.400. The predicted molar refractivity (Wildman–Crippen MR) is 59.1 cm³/mol. The van der Waals surface area contributed by atoms with Crippen LogP contribution in [-0.2, 0) is 0 Å². The van der Waals surface area contributed by atoms with Gasteiger partial charge < -0.3 is 11.5 Å². The second-order valence-corrected chi connectivity index (χ2v) is 3.15. The lowest BCUT2D eigenvalue weighted by molar-refractivity contribution is 0.726. The fourth-order valence-electron chi connectivity index (χ4n) is 1.53. The van der Waals surface area contributed by atoms with Crippen molar-refractivity contribution in [3.63, 3.8) is 0 Å². The summed E-state index contributed by atoms with van der Waals surface area (Å²) in [6, 6.07) is 6.15. The second-order valence-electron chi connectivity index (χ2n) is 3.15. The zero-order valence-corrected chi connectivity index (χ0v) is 8.90. The molecule has 0 aliphatic heterocycles. The monoisotopic (exact) mass is 200 g/mol. The van der Waals surface area contributed by atoms with E-state index < -0.39 is 0 Å². The summed E-state index contributed by atoms with van der Waals surface area (Å²) in [5, 5.41) is 0. The van der Waals surface area contributed by atoms with Crippen molar-refractivity contribution in [1.29, 1.82) is 0 Å². The maximum absolute atomic E-state index is 5.87. The van der Waals surface area contributed by atoms with Gasteiger partial charge in [0.05, 0.1) is 0 Å². The van der Waals surface area contributed by atoms with Crippen molar-refractivity contribution in [2.75, 3.05) is 6.54 Å². The highest BCUT2D eigenvalue weighted by molar-refractivity contribution is 5.85. The van der Waals surface area contributed by atoms with Crippen molar-refractivity contribution in [1.82, 2.24) is 0 Å². The number of benzene rings is 1. The number of rotatable bonds is 2. The van der Waals surface area contributed by atoms with Crippen LogP contribution >= 0.6 is 12.4 Å². The third-order valence-electron chi connectivity index (χ3n) is 2.17. The van der Waals surface area contributed by atoms with E-state index in [1.54, 1.807) is 0 Å². The number of halogens is 1. The zero-order valence-electron chi connectivity index (χ0n) is 8.08. The van der Waals surface area contributed by atoms with Crippen molar-refractivity contribution in [3.8, 4) is 0 Å². The van der Waals surface area contributed by atoms with E-state index in [1.807, 2.05) is 6.07 Å². The molecule has 0 bridgehead atoms. The number of nitrogens with two attached hydrogens (primary N) is 2. The molecule has 0 amide bonds. The van der Waals surface area contributed by atoms with Crippen LogP contribution in [0.1, 0.15) is 22.7 Å². The highest BCUT2D eigenvalue weighted by Gasteiger charge is 2.08. The van der Waals surface area contributed by atoms with Crippen molar-refractivity contribution < 1.29 is 0 Å². The number of hydrogen-bond donors (Lipinski definition) is 2. The van der Waals surface area contributed by atoms with Gasteiger partial charge in [0.15, 0.2) is 0 Å². The predicted octanol–water partition coefficient (Wildman–Crippen LogP) is 1.68. The Kier molecular flexibility index (Phi) is 4.99. The van der Waals surface area contributed by atoms with Crippen LogP contribution in [0.2, 0.25) is 0 Å². The Bertz CT molecular complexity index is 253. The Morgan fingerprint density at radius 1 is 1.23 bits per heavy atom. The van der Waals surface area contributed by atoms with Gasteiger partial charge in [-0.05, 0) is 30.5 Å². The van der Waals surface area contributed by atoms with Crippen molar-refractivity contribution in [3.05, 3.63) is 34.9 Å². The first-order valence-corrected chi connectivity index (χ1v) is 4.18. The molecule has 0 heterocycles. The number of hydrogen-bond acceptors (Lipinski definition) is 2. The van der Waals surface area contributed by atoms with Crippen LogP contribution in [0, 0.1) is 13.8 Å². The maximum Gasteiger partial charge on any atom is 0.0424 e. The number of aryl methyl sites for hydroxylation is 2. The Morgan fingerprint density at radius 2 is 1.69 bits per heavy atom. The molecule has 74 valence electrons. The van der Waals surface area contributed by atoms with Crippen LogP contribution in [0.4, 0.5) is 0 Å². The molecule has 1 atom stereocenters. The van der Waals surface area contributed by atoms with Gasteiger partial charge >= 0.3 is 0 Å². The molecule has 0 aliphatic rings. The lowest BCUT2D eigenvalue weighted by Gasteiger charge is -2.15. The van der Waals surface area contributed by atoms with Gasteiger partial charge in [-0.1, -0.05) is 18.2 Å². The summed E-state index contributed by atoms with van der Waals surface area (Å²) in [5.74, 6) is 0. The minimum absolute atomic E-state index is 0. The van der Waals surface area contributed by atoms with Crippen LogP contribution in [-0.4, -0.2) is 6.54 Å². The minimum Gasteiger partial charge on any atom is -0.329 e. The summed E-state index contributed by atoms with van der Waals surface area (Å²) in [7, 11) is 0. The first-order chi connectivity index (χ1) is 5.66. The second kappa shape index (κ2) is 5.22. The van der Waals surface area contributed by atoms with Gasteiger partial charge in [0, 0.05) is 12.6 Å². The molecular weight excluding hydrogens is 184 g/mol. The Balaban J connectivity index is 0.00000144. The van der Waals surface area contributed by atoms with E-state index >= 15 is 0 Å². The molecule has 1 rings (SSSR count). The van der Waals surface area contributed by atoms with E-state index in [9.17, 15) is 0 Å². The largest absolute Gasteiger partial charge is 0.329 e. The molecule has 3 heteroatoms. The summed E-state index contributed by atoms with van der Waals surface area (Å²) < 4.78 is 0. The van der Waals surface area contributed by atoms with E-state index in [-0.39, 0.29) is 18.4 Å². The van der Waals surface area contributed by atoms with E-state index in [0.29, 0.717) is 6.54 Å². The molecule has 1 aromatic rings. The molecule has 0 spiro atoms. The van der Waals surface area contributed by atoms with Gasteiger partial charge in [-0.25, -0.2) is 0 Å². The van der Waals surface area contributed by atoms with Crippen LogP contribution in [0.5, 0.6) is 0 Å². The third-order valence-corrected chi connectivity index (χ3v) is 2.17. The molecule has 1 aromatic carbocycles. The molecule has 0 aromatic heterocycles. The van der Waals surface area contributed by atoms with E-state index in [1.165, 1.54) is 16.7 Å². The molecule has 0 radical (unpaired) electrons. The summed E-state index contributed by atoms with van der Waals surface area (Å²) in [6.07, 6.45) is 0. The van der Waals surface area contributed by atoms with Crippen molar-refractivity contribution in [2.24, 2.45) is 11.5 Å². The minimum atomic E-state index is -0.0220. The lowest BCUT2D eigenvalue weighted by atomic mass is 9.97. The van der Waals surface area contributed by atoms with Crippen molar-refractivity contribution >= 4 is 12.4 Å². The average Bonchev–Trinajstić information content (AvgIpc) is 2.03. The quantitative estimate of drug-likeness (QED) is 0.764. The molecule has 4 N–H and O–H groups in total. The molecule has 0 saturated heterocycles. The normalized spacial score (nSPS) is 12.0. The third kappa shape index (κ3) is 2.69. The summed E-state index contributed by atoms with van der Waals surface area (Å²) >= 11 is 0. The lowest BCUT2D eigenvalue weighted by Crippen LogP contribution is -2.22. The topological polar surface area (TPSA) is 52.0 Å².